The van der Waals surface area contributed by atoms with Crippen molar-refractivity contribution in [3.05, 3.63) is 41.5 Å². The van der Waals surface area contributed by atoms with Gasteiger partial charge in [0.1, 0.15) is 50.1 Å². The molecule has 8 rings (SSSR count). The molecule has 5 heterocycles. The van der Waals surface area contributed by atoms with Crippen LogP contribution in [0.4, 0.5) is 0 Å². The summed E-state index contributed by atoms with van der Waals surface area (Å²) in [6.07, 6.45) is -7.65. The van der Waals surface area contributed by atoms with Crippen molar-refractivity contribution in [1.29, 1.82) is 0 Å². The van der Waals surface area contributed by atoms with E-state index in [2.05, 4.69) is 4.98 Å². The summed E-state index contributed by atoms with van der Waals surface area (Å²) < 4.78 is 19.0. The number of benzene rings is 3. The second kappa shape index (κ2) is 9.03. The summed E-state index contributed by atoms with van der Waals surface area (Å²) in [7, 11) is 0. The number of aromatic nitrogens is 2. The molecule has 0 unspecified atom stereocenters. The summed E-state index contributed by atoms with van der Waals surface area (Å²) >= 11 is 0. The van der Waals surface area contributed by atoms with Crippen LogP contribution in [0, 0.1) is 0 Å². The van der Waals surface area contributed by atoms with E-state index >= 15 is 0 Å². The van der Waals surface area contributed by atoms with Gasteiger partial charge in [-0.1, -0.05) is 0 Å². The highest BCUT2D eigenvalue weighted by Gasteiger charge is 2.47. The van der Waals surface area contributed by atoms with Gasteiger partial charge in [0.2, 0.25) is 0 Å². The van der Waals surface area contributed by atoms with E-state index in [1.807, 2.05) is 0 Å². The van der Waals surface area contributed by atoms with Crippen LogP contribution in [0.25, 0.3) is 43.6 Å². The number of hydrogen-bond donors (Lipinski definition) is 7. The largest absolute Gasteiger partial charge is 0.508 e. The summed E-state index contributed by atoms with van der Waals surface area (Å²) in [6.45, 7) is -0.888. The number of aromatic hydroxyl groups is 1. The van der Waals surface area contributed by atoms with Crippen molar-refractivity contribution in [1.82, 2.24) is 14.5 Å². The number of H-pyrrole nitrogens is 1. The number of rotatable bonds is 3. The number of carbonyl (C=O) groups is 2. The molecule has 0 spiro atoms. The van der Waals surface area contributed by atoms with Crippen molar-refractivity contribution in [3.63, 3.8) is 0 Å². The Morgan fingerprint density at radius 3 is 2.26 bits per heavy atom. The number of aliphatic hydroxyl groups excluding tert-OH is 5. The molecule has 5 atom stereocenters. The number of nitrogens with zero attached hydrogens (tertiary/aromatic N) is 2. The van der Waals surface area contributed by atoms with Crippen molar-refractivity contribution in [2.24, 2.45) is 0 Å². The Morgan fingerprint density at radius 2 is 1.56 bits per heavy atom. The highest BCUT2D eigenvalue weighted by atomic mass is 16.6. The molecule has 1 saturated heterocycles. The van der Waals surface area contributed by atoms with Crippen LogP contribution in [0.15, 0.2) is 30.3 Å². The standard InChI is InChI=1S/C29H25N3O11/c33-8-17-24(36)25(37)26(38)29(43-17)32-14-2-1-10(35)5-12(14)19-21-20(27(39)31(9-34)28(21)40)18-11-6-15-16(42-4-3-41-15)7-13(11)30-22(18)23(19)32/h1-2,5-7,17,24-26,29-30,33-38H,3-4,8-9H2/t17-,24-,25+,26-,29-/m1/s1. The van der Waals surface area contributed by atoms with Gasteiger partial charge in [0.05, 0.1) is 39.8 Å². The maximum atomic E-state index is 13.8. The predicted octanol–water partition coefficient (Wildman–Crippen LogP) is 0.424. The minimum Gasteiger partial charge on any atom is -0.508 e. The monoisotopic (exact) mass is 591 g/mol. The van der Waals surface area contributed by atoms with Crippen molar-refractivity contribution < 1.29 is 54.4 Å². The van der Waals surface area contributed by atoms with E-state index in [0.29, 0.717) is 62.3 Å². The van der Waals surface area contributed by atoms with Gasteiger partial charge in [0, 0.05) is 27.6 Å². The number of phenols is 1. The maximum absolute atomic E-state index is 13.8. The van der Waals surface area contributed by atoms with Gasteiger partial charge in [-0.2, -0.15) is 0 Å². The molecule has 0 radical (unpaired) electrons. The first kappa shape index (κ1) is 26.2. The van der Waals surface area contributed by atoms with Crippen LogP contribution in [0.3, 0.4) is 0 Å². The number of hydrogen-bond acceptors (Lipinski definition) is 11. The third kappa shape index (κ3) is 3.32. The normalized spacial score (nSPS) is 25.5. The van der Waals surface area contributed by atoms with Crippen LogP contribution in [0.1, 0.15) is 26.9 Å². The quantitative estimate of drug-likeness (QED) is 0.143. The Bertz CT molecular complexity index is 2030. The summed E-state index contributed by atoms with van der Waals surface area (Å²) in [5, 5.41) is 64.2. The fourth-order valence-corrected chi connectivity index (χ4v) is 6.70. The van der Waals surface area contributed by atoms with Crippen molar-refractivity contribution in [3.8, 4) is 17.2 Å². The lowest BCUT2D eigenvalue weighted by atomic mass is 9.96. The van der Waals surface area contributed by atoms with Gasteiger partial charge in [-0.15, -0.1) is 0 Å². The molecule has 2 amide bonds. The Balaban J connectivity index is 1.58. The van der Waals surface area contributed by atoms with Crippen LogP contribution < -0.4 is 9.47 Å². The number of imide groups is 1. The Hall–Kier alpha value is -4.44. The third-order valence-corrected chi connectivity index (χ3v) is 8.62. The lowest BCUT2D eigenvalue weighted by Gasteiger charge is -2.41. The lowest BCUT2D eigenvalue weighted by Crippen LogP contribution is -2.56. The molecule has 3 aliphatic heterocycles. The van der Waals surface area contributed by atoms with Crippen LogP contribution in [-0.4, -0.2) is 108 Å². The molecule has 14 nitrogen and oxygen atoms in total. The number of carbonyl (C=O) groups excluding carboxylic acids is 2. The first-order valence-corrected chi connectivity index (χ1v) is 13.6. The van der Waals surface area contributed by atoms with Crippen LogP contribution in [0.2, 0.25) is 0 Å². The molecule has 43 heavy (non-hydrogen) atoms. The van der Waals surface area contributed by atoms with Gasteiger partial charge >= 0.3 is 0 Å². The highest BCUT2D eigenvalue weighted by Crippen LogP contribution is 2.49. The average Bonchev–Trinajstić information content (AvgIpc) is 3.61. The second-order valence-electron chi connectivity index (χ2n) is 10.9. The van der Waals surface area contributed by atoms with Crippen molar-refractivity contribution in [2.75, 3.05) is 26.6 Å². The van der Waals surface area contributed by atoms with E-state index < -0.39 is 55.8 Å². The lowest BCUT2D eigenvalue weighted by molar-refractivity contribution is -0.249. The molecule has 0 bridgehead atoms. The Morgan fingerprint density at radius 1 is 0.860 bits per heavy atom. The van der Waals surface area contributed by atoms with Gasteiger partial charge < -0.3 is 54.4 Å². The van der Waals surface area contributed by atoms with E-state index in [0.717, 1.165) is 0 Å². The number of fused-ring (bicyclic) bond motifs is 11. The van der Waals surface area contributed by atoms with Crippen LogP contribution >= 0.6 is 0 Å². The second-order valence-corrected chi connectivity index (χ2v) is 10.9. The fraction of sp³-hybridized carbons (Fsp3) is 0.310. The van der Waals surface area contributed by atoms with Gasteiger partial charge in [-0.25, -0.2) is 0 Å². The summed E-state index contributed by atoms with van der Waals surface area (Å²) in [6, 6.07) is 7.71. The molecule has 5 aromatic rings. The number of phenolic OH excluding ortho intramolecular Hbond substituents is 1. The molecule has 3 aliphatic rings. The van der Waals surface area contributed by atoms with Gasteiger partial charge in [0.25, 0.3) is 11.8 Å². The number of ether oxygens (including phenoxy) is 3. The summed E-state index contributed by atoms with van der Waals surface area (Å²) in [4.78, 5) is 31.5. The van der Waals surface area contributed by atoms with E-state index in [9.17, 15) is 40.2 Å². The molecule has 14 heteroatoms. The first-order chi connectivity index (χ1) is 20.7. The van der Waals surface area contributed by atoms with E-state index in [-0.39, 0.29) is 27.8 Å². The van der Waals surface area contributed by atoms with Crippen LogP contribution in [-0.2, 0) is 4.74 Å². The smallest absolute Gasteiger partial charge is 0.264 e. The van der Waals surface area contributed by atoms with E-state index in [1.165, 1.54) is 22.8 Å². The van der Waals surface area contributed by atoms with E-state index in [1.54, 1.807) is 12.1 Å². The zero-order valence-corrected chi connectivity index (χ0v) is 22.2. The summed E-state index contributed by atoms with van der Waals surface area (Å²) in [5.41, 5.74) is 1.50. The van der Waals surface area contributed by atoms with Crippen LogP contribution in [0.5, 0.6) is 17.2 Å². The van der Waals surface area contributed by atoms with Crippen molar-refractivity contribution >= 4 is 55.4 Å². The third-order valence-electron chi connectivity index (χ3n) is 8.62. The van der Waals surface area contributed by atoms with Gasteiger partial charge in [0.15, 0.2) is 17.7 Å². The highest BCUT2D eigenvalue weighted by molar-refractivity contribution is 6.39. The molecule has 3 aromatic carbocycles. The number of amides is 2. The minimum atomic E-state index is -1.71. The molecule has 2 aromatic heterocycles. The molecule has 0 saturated carbocycles. The number of aromatic amines is 1. The maximum Gasteiger partial charge on any atom is 0.264 e. The molecule has 222 valence electrons. The van der Waals surface area contributed by atoms with Gasteiger partial charge in [-0.05, 0) is 24.3 Å². The Labute approximate surface area is 240 Å². The summed E-state index contributed by atoms with van der Waals surface area (Å²) in [5.74, 6) is -0.735. The molecule has 1 fully saturated rings. The SMILES string of the molecule is O=C1c2c(c3c4cc(O)ccc4n([C@@H]4O[C@H](CO)[C@@H](O)[C@H](O)[C@H]4O)c3c3[nH]c4cc5c(cc4c23)OCCO5)C(=O)N1CO. The molecule has 7 N–H and O–H groups in total. The van der Waals surface area contributed by atoms with Gasteiger partial charge in [-0.3, -0.25) is 14.5 Å². The zero-order chi connectivity index (χ0) is 29.9. The fourth-order valence-electron chi connectivity index (χ4n) is 6.70. The Kier molecular flexibility index (Phi) is 5.50. The van der Waals surface area contributed by atoms with E-state index in [4.69, 9.17) is 14.2 Å². The zero-order valence-electron chi connectivity index (χ0n) is 22.2. The number of nitrogens with one attached hydrogen (secondary N) is 1. The topological polar surface area (TPSA) is 207 Å². The molecule has 0 aliphatic carbocycles. The molecular weight excluding hydrogens is 566 g/mol. The average molecular weight is 592 g/mol. The number of aliphatic hydroxyl groups is 5. The molecular formula is C29H25N3O11. The van der Waals surface area contributed by atoms with Crippen molar-refractivity contribution in [2.45, 2.75) is 30.6 Å². The first-order valence-electron chi connectivity index (χ1n) is 13.6. The minimum absolute atomic E-state index is 0.0284. The predicted molar refractivity (Wildman–Crippen MR) is 148 cm³/mol.